The summed E-state index contributed by atoms with van der Waals surface area (Å²) in [5.74, 6) is 1.46. The lowest BCUT2D eigenvalue weighted by molar-refractivity contribution is -0.139. The van der Waals surface area contributed by atoms with Gasteiger partial charge in [0.15, 0.2) is 0 Å². The third kappa shape index (κ3) is 3.33. The lowest BCUT2D eigenvalue weighted by Crippen LogP contribution is -2.53. The molecule has 3 fully saturated rings. The van der Waals surface area contributed by atoms with Gasteiger partial charge in [0, 0.05) is 58.0 Å². The molecule has 0 aromatic carbocycles. The molecule has 0 spiro atoms. The van der Waals surface area contributed by atoms with Crippen molar-refractivity contribution in [3.8, 4) is 0 Å². The van der Waals surface area contributed by atoms with Crippen LogP contribution in [-0.4, -0.2) is 59.6 Å². The number of nitrogens with zero attached hydrogens (tertiary/aromatic N) is 3. The third-order valence-corrected chi connectivity index (χ3v) is 5.85. The maximum Gasteiger partial charge on any atom is 0.223 e. The molecule has 3 atom stereocenters. The molecular weight excluding hydrogens is 302 g/mol. The molecule has 2 saturated heterocycles. The van der Waals surface area contributed by atoms with Crippen LogP contribution in [0.4, 0.5) is 0 Å². The van der Waals surface area contributed by atoms with Gasteiger partial charge in [-0.05, 0) is 36.8 Å². The normalized spacial score (nSPS) is 30.4. The van der Waals surface area contributed by atoms with E-state index in [0.29, 0.717) is 23.8 Å². The van der Waals surface area contributed by atoms with Crippen molar-refractivity contribution in [2.24, 2.45) is 11.8 Å². The van der Waals surface area contributed by atoms with Crippen molar-refractivity contribution in [3.63, 3.8) is 0 Å². The minimum atomic E-state index is 0.277. The lowest BCUT2D eigenvalue weighted by atomic mass is 9.88. The molecule has 1 aromatic heterocycles. The number of rotatable bonds is 5. The van der Waals surface area contributed by atoms with Gasteiger partial charge in [0.2, 0.25) is 5.91 Å². The van der Waals surface area contributed by atoms with Crippen molar-refractivity contribution in [2.75, 3.05) is 26.7 Å². The van der Waals surface area contributed by atoms with Crippen LogP contribution in [0, 0.1) is 11.8 Å². The number of fused-ring (bicyclic) bond motifs is 1. The molecule has 4 rings (SSSR count). The summed E-state index contributed by atoms with van der Waals surface area (Å²) in [6, 6.07) is 4.42. The van der Waals surface area contributed by atoms with E-state index in [1.54, 1.807) is 0 Å². The molecule has 0 radical (unpaired) electrons. The van der Waals surface area contributed by atoms with Crippen molar-refractivity contribution in [1.29, 1.82) is 0 Å². The Kier molecular flexibility index (Phi) is 4.55. The van der Waals surface area contributed by atoms with Gasteiger partial charge in [-0.25, -0.2) is 0 Å². The van der Waals surface area contributed by atoms with Crippen LogP contribution in [0.25, 0.3) is 0 Å². The summed E-state index contributed by atoms with van der Waals surface area (Å²) in [5, 5.41) is 0. The summed E-state index contributed by atoms with van der Waals surface area (Å²) in [6.45, 7) is 3.72. The summed E-state index contributed by atoms with van der Waals surface area (Å²) in [7, 11) is 1.81. The second kappa shape index (κ2) is 6.81. The Morgan fingerprint density at radius 1 is 1.33 bits per heavy atom. The maximum atomic E-state index is 12.7. The Morgan fingerprint density at radius 3 is 2.92 bits per heavy atom. The molecule has 1 saturated carbocycles. The van der Waals surface area contributed by atoms with Crippen LogP contribution in [0.5, 0.6) is 0 Å². The highest BCUT2D eigenvalue weighted by atomic mass is 16.5. The zero-order valence-electron chi connectivity index (χ0n) is 14.4. The fourth-order valence-corrected chi connectivity index (χ4v) is 4.40. The number of aromatic nitrogens is 1. The van der Waals surface area contributed by atoms with E-state index in [1.807, 2.05) is 25.6 Å². The predicted octanol–water partition coefficient (Wildman–Crippen LogP) is 1.93. The first-order valence-electron chi connectivity index (χ1n) is 9.18. The summed E-state index contributed by atoms with van der Waals surface area (Å²) >= 11 is 0. The molecule has 0 unspecified atom stereocenters. The molecule has 0 N–H and O–H groups in total. The van der Waals surface area contributed by atoms with Gasteiger partial charge in [-0.2, -0.15) is 0 Å². The first-order chi connectivity index (χ1) is 11.7. The van der Waals surface area contributed by atoms with E-state index < -0.39 is 0 Å². The number of likely N-dealkylation sites (tertiary alicyclic amines) is 2. The molecular formula is C19H27N3O2. The Morgan fingerprint density at radius 2 is 2.21 bits per heavy atom. The van der Waals surface area contributed by atoms with Gasteiger partial charge in [0.1, 0.15) is 0 Å². The van der Waals surface area contributed by atoms with Gasteiger partial charge in [-0.3, -0.25) is 14.7 Å². The third-order valence-electron chi connectivity index (χ3n) is 5.85. The van der Waals surface area contributed by atoms with Crippen molar-refractivity contribution in [1.82, 2.24) is 14.8 Å². The first kappa shape index (κ1) is 16.0. The number of hydrogen-bond acceptors (Lipinski definition) is 4. The van der Waals surface area contributed by atoms with Gasteiger partial charge in [-0.1, -0.05) is 6.07 Å². The van der Waals surface area contributed by atoms with E-state index in [4.69, 9.17) is 4.74 Å². The largest absolute Gasteiger partial charge is 0.381 e. The molecule has 1 aliphatic carbocycles. The topological polar surface area (TPSA) is 45.7 Å². The molecule has 5 heteroatoms. The summed E-state index contributed by atoms with van der Waals surface area (Å²) < 4.78 is 5.75. The van der Waals surface area contributed by atoms with Crippen LogP contribution in [0.1, 0.15) is 31.2 Å². The second-order valence-corrected chi connectivity index (χ2v) is 7.58. The van der Waals surface area contributed by atoms with Crippen LogP contribution in [0.15, 0.2) is 24.5 Å². The van der Waals surface area contributed by atoms with E-state index in [1.165, 1.54) is 18.4 Å². The van der Waals surface area contributed by atoms with Crippen LogP contribution in [-0.2, 0) is 16.1 Å². The van der Waals surface area contributed by atoms with E-state index in [9.17, 15) is 4.79 Å². The van der Waals surface area contributed by atoms with Crippen LogP contribution >= 0.6 is 0 Å². The zero-order chi connectivity index (χ0) is 16.5. The van der Waals surface area contributed by atoms with Crippen molar-refractivity contribution < 1.29 is 9.53 Å². The molecule has 3 heterocycles. The number of carbonyl (C=O) groups is 1. The van der Waals surface area contributed by atoms with Gasteiger partial charge in [-0.15, -0.1) is 0 Å². The van der Waals surface area contributed by atoms with Crippen molar-refractivity contribution in [3.05, 3.63) is 30.1 Å². The van der Waals surface area contributed by atoms with Crippen molar-refractivity contribution >= 4 is 5.91 Å². The summed E-state index contributed by atoms with van der Waals surface area (Å²) in [6.07, 6.45) is 8.22. The number of hydrogen-bond donors (Lipinski definition) is 0. The van der Waals surface area contributed by atoms with Gasteiger partial charge >= 0.3 is 0 Å². The second-order valence-electron chi connectivity index (χ2n) is 7.58. The quantitative estimate of drug-likeness (QED) is 0.828. The molecule has 2 aliphatic heterocycles. The summed E-state index contributed by atoms with van der Waals surface area (Å²) in [5.41, 5.74) is 1.24. The molecule has 130 valence electrons. The lowest BCUT2D eigenvalue weighted by Gasteiger charge is -2.41. The smallest absolute Gasteiger partial charge is 0.223 e. The average molecular weight is 329 g/mol. The number of pyridine rings is 1. The number of piperidine rings is 1. The number of methoxy groups -OCH3 is 1. The molecule has 1 amide bonds. The van der Waals surface area contributed by atoms with Crippen LogP contribution in [0.3, 0.4) is 0 Å². The fourth-order valence-electron chi connectivity index (χ4n) is 4.40. The standard InChI is InChI=1S/C19H27N3O2/c1-24-18-6-8-22(19(23)9-14-4-5-14)17-13-21(12-16(17)18)11-15-3-2-7-20-10-15/h2-3,7,10,14,16-18H,4-6,8-9,11-13H2,1H3/t16-,17+,18-/m0/s1. The average Bonchev–Trinajstić information content (AvgIpc) is 3.31. The van der Waals surface area contributed by atoms with E-state index in [2.05, 4.69) is 20.9 Å². The highest BCUT2D eigenvalue weighted by Crippen LogP contribution is 2.37. The molecule has 1 aromatic rings. The zero-order valence-corrected chi connectivity index (χ0v) is 14.4. The van der Waals surface area contributed by atoms with Crippen LogP contribution < -0.4 is 0 Å². The SMILES string of the molecule is CO[C@H]1CCN(C(=O)CC2CC2)[C@@H]2CN(Cc3cccnc3)C[C@H]12. The Labute approximate surface area is 144 Å². The van der Waals surface area contributed by atoms with Crippen molar-refractivity contribution in [2.45, 2.75) is 44.4 Å². The van der Waals surface area contributed by atoms with Crippen LogP contribution in [0.2, 0.25) is 0 Å². The van der Waals surface area contributed by atoms with E-state index >= 15 is 0 Å². The van der Waals surface area contributed by atoms with Gasteiger partial charge < -0.3 is 9.64 Å². The Balaban J connectivity index is 1.45. The summed E-state index contributed by atoms with van der Waals surface area (Å²) in [4.78, 5) is 21.6. The first-order valence-corrected chi connectivity index (χ1v) is 9.18. The number of amides is 1. The molecule has 24 heavy (non-hydrogen) atoms. The highest BCUT2D eigenvalue weighted by molar-refractivity contribution is 5.77. The van der Waals surface area contributed by atoms with Gasteiger partial charge in [0.25, 0.3) is 0 Å². The maximum absolute atomic E-state index is 12.7. The predicted molar refractivity (Wildman–Crippen MR) is 91.3 cm³/mol. The highest BCUT2D eigenvalue weighted by Gasteiger charge is 2.46. The van der Waals surface area contributed by atoms with Gasteiger partial charge in [0.05, 0.1) is 12.1 Å². The van der Waals surface area contributed by atoms with E-state index in [0.717, 1.165) is 39.0 Å². The molecule has 5 nitrogen and oxygen atoms in total. The Hall–Kier alpha value is -1.46. The fraction of sp³-hybridized carbons (Fsp3) is 0.684. The molecule has 3 aliphatic rings. The molecule has 0 bridgehead atoms. The number of ether oxygens (including phenoxy) is 1. The minimum absolute atomic E-state index is 0.277. The Bertz CT molecular complexity index is 575. The number of carbonyl (C=O) groups excluding carboxylic acids is 1. The minimum Gasteiger partial charge on any atom is -0.381 e. The van der Waals surface area contributed by atoms with E-state index in [-0.39, 0.29) is 6.10 Å². The monoisotopic (exact) mass is 329 g/mol.